The molecule has 17 heavy (non-hydrogen) atoms. The van der Waals surface area contributed by atoms with Crippen molar-refractivity contribution in [2.75, 3.05) is 6.61 Å². The van der Waals surface area contributed by atoms with Crippen molar-refractivity contribution < 1.29 is 23.4 Å². The summed E-state index contributed by atoms with van der Waals surface area (Å²) in [5.41, 5.74) is -0.273. The van der Waals surface area contributed by atoms with Crippen LogP contribution in [-0.4, -0.2) is 17.7 Å². The highest BCUT2D eigenvalue weighted by Crippen LogP contribution is 2.27. The first-order valence-electron chi connectivity index (χ1n) is 4.93. The fourth-order valence-corrected chi connectivity index (χ4v) is 1.75. The van der Waals surface area contributed by atoms with Crippen LogP contribution in [0.25, 0.3) is 0 Å². The molecule has 1 atom stereocenters. The van der Waals surface area contributed by atoms with Crippen LogP contribution in [0.1, 0.15) is 25.0 Å². The molecule has 0 heterocycles. The van der Waals surface area contributed by atoms with E-state index in [9.17, 15) is 18.7 Å². The fourth-order valence-electron chi connectivity index (χ4n) is 1.31. The van der Waals surface area contributed by atoms with E-state index < -0.39 is 30.1 Å². The number of carbonyl (C=O) groups is 1. The third-order valence-electron chi connectivity index (χ3n) is 2.05. The monoisotopic (exact) mass is 308 g/mol. The first-order chi connectivity index (χ1) is 7.95. The van der Waals surface area contributed by atoms with E-state index in [2.05, 4.69) is 20.7 Å². The van der Waals surface area contributed by atoms with Crippen molar-refractivity contribution in [2.24, 2.45) is 0 Å². The second-order valence-electron chi connectivity index (χ2n) is 3.32. The minimum atomic E-state index is -1.43. The molecule has 1 N–H and O–H groups in total. The molecule has 0 spiro atoms. The predicted octanol–water partition coefficient (Wildman–Crippen LogP) is 2.71. The summed E-state index contributed by atoms with van der Waals surface area (Å²) in [6.07, 6.45) is -1.85. The summed E-state index contributed by atoms with van der Waals surface area (Å²) in [6, 6.07) is 1.79. The Morgan fingerprint density at radius 3 is 2.76 bits per heavy atom. The predicted molar refractivity (Wildman–Crippen MR) is 60.3 cm³/mol. The van der Waals surface area contributed by atoms with Crippen molar-refractivity contribution in [1.29, 1.82) is 0 Å². The molecule has 0 bridgehead atoms. The Morgan fingerprint density at radius 2 is 2.18 bits per heavy atom. The zero-order valence-corrected chi connectivity index (χ0v) is 10.6. The standard InChI is InChI=1S/C11H11BrF2O3/c1-2-17-10(16)5-9(15)7-3-6(13)4-8(12)11(7)14/h3-4,9,15H,2,5H2,1H3. The smallest absolute Gasteiger partial charge is 0.308 e. The van der Waals surface area contributed by atoms with Crippen molar-refractivity contribution in [3.05, 3.63) is 33.8 Å². The maximum absolute atomic E-state index is 13.5. The van der Waals surface area contributed by atoms with Crippen LogP contribution in [-0.2, 0) is 9.53 Å². The molecule has 0 saturated carbocycles. The van der Waals surface area contributed by atoms with Crippen LogP contribution < -0.4 is 0 Å². The van der Waals surface area contributed by atoms with Crippen molar-refractivity contribution in [2.45, 2.75) is 19.4 Å². The molecule has 3 nitrogen and oxygen atoms in total. The lowest BCUT2D eigenvalue weighted by molar-refractivity contribution is -0.145. The Bertz CT molecular complexity index is 423. The van der Waals surface area contributed by atoms with Crippen molar-refractivity contribution in [3.8, 4) is 0 Å². The number of carbonyl (C=O) groups excluding carboxylic acids is 1. The number of hydrogen-bond acceptors (Lipinski definition) is 3. The molecule has 1 aromatic carbocycles. The normalized spacial score (nSPS) is 12.3. The lowest BCUT2D eigenvalue weighted by Crippen LogP contribution is -2.11. The van der Waals surface area contributed by atoms with Gasteiger partial charge in [0.25, 0.3) is 0 Å². The van der Waals surface area contributed by atoms with Crippen molar-refractivity contribution in [3.63, 3.8) is 0 Å². The highest BCUT2D eigenvalue weighted by molar-refractivity contribution is 9.10. The Labute approximate surface area is 106 Å². The van der Waals surface area contributed by atoms with Crippen LogP contribution >= 0.6 is 15.9 Å². The minimum absolute atomic E-state index is 0.101. The number of aliphatic hydroxyl groups is 1. The van der Waals surface area contributed by atoms with Gasteiger partial charge in [-0.05, 0) is 35.0 Å². The molecule has 6 heteroatoms. The van der Waals surface area contributed by atoms with Crippen LogP contribution in [0.2, 0.25) is 0 Å². The number of hydrogen-bond donors (Lipinski definition) is 1. The second-order valence-corrected chi connectivity index (χ2v) is 4.17. The van der Waals surface area contributed by atoms with Crippen molar-refractivity contribution in [1.82, 2.24) is 0 Å². The Balaban J connectivity index is 2.88. The molecule has 0 aromatic heterocycles. The minimum Gasteiger partial charge on any atom is -0.466 e. The SMILES string of the molecule is CCOC(=O)CC(O)c1cc(F)cc(Br)c1F. The molecule has 0 aliphatic carbocycles. The number of aliphatic hydroxyl groups excluding tert-OH is 1. The Morgan fingerprint density at radius 1 is 1.53 bits per heavy atom. The number of esters is 1. The van der Waals surface area contributed by atoms with Gasteiger partial charge in [-0.1, -0.05) is 0 Å². The van der Waals surface area contributed by atoms with E-state index in [4.69, 9.17) is 0 Å². The van der Waals surface area contributed by atoms with Gasteiger partial charge in [-0.25, -0.2) is 8.78 Å². The lowest BCUT2D eigenvalue weighted by atomic mass is 10.1. The molecule has 94 valence electrons. The van der Waals surface area contributed by atoms with Crippen LogP contribution in [0.5, 0.6) is 0 Å². The molecule has 0 fully saturated rings. The maximum atomic E-state index is 13.5. The molecule has 0 amide bonds. The molecule has 1 aromatic rings. The summed E-state index contributed by atoms with van der Waals surface area (Å²) in [6.45, 7) is 1.78. The molecular formula is C11H11BrF2O3. The van der Waals surface area contributed by atoms with Gasteiger partial charge >= 0.3 is 5.97 Å². The summed E-state index contributed by atoms with van der Waals surface area (Å²) in [7, 11) is 0. The summed E-state index contributed by atoms with van der Waals surface area (Å²) < 4.78 is 31.1. The first kappa shape index (κ1) is 14.1. The number of benzene rings is 1. The van der Waals surface area contributed by atoms with Gasteiger partial charge in [0, 0.05) is 5.56 Å². The van der Waals surface area contributed by atoms with Crippen molar-refractivity contribution >= 4 is 21.9 Å². The Kier molecular flexibility index (Phi) is 5.02. The molecule has 0 saturated heterocycles. The summed E-state index contributed by atoms with van der Waals surface area (Å²) in [5.74, 6) is -2.15. The van der Waals surface area contributed by atoms with E-state index >= 15 is 0 Å². The van der Waals surface area contributed by atoms with Gasteiger partial charge in [0.15, 0.2) is 0 Å². The van der Waals surface area contributed by atoms with Gasteiger partial charge in [0.1, 0.15) is 11.6 Å². The van der Waals surface area contributed by atoms with E-state index in [0.717, 1.165) is 12.1 Å². The van der Waals surface area contributed by atoms with E-state index in [1.54, 1.807) is 6.92 Å². The average Bonchev–Trinajstić information content (AvgIpc) is 2.23. The fraction of sp³-hybridized carbons (Fsp3) is 0.364. The molecule has 1 unspecified atom stereocenters. The summed E-state index contributed by atoms with van der Waals surface area (Å²) in [4.78, 5) is 11.1. The van der Waals surface area contributed by atoms with Crippen LogP contribution in [0.3, 0.4) is 0 Å². The van der Waals surface area contributed by atoms with E-state index in [1.807, 2.05) is 0 Å². The highest BCUT2D eigenvalue weighted by Gasteiger charge is 2.20. The Hall–Kier alpha value is -1.01. The molecule has 0 radical (unpaired) electrons. The van der Waals surface area contributed by atoms with E-state index in [0.29, 0.717) is 0 Å². The van der Waals surface area contributed by atoms with Gasteiger partial charge in [-0.15, -0.1) is 0 Å². The second kappa shape index (κ2) is 6.07. The molecule has 0 aliphatic rings. The molecule has 0 aliphatic heterocycles. The zero-order chi connectivity index (χ0) is 13.0. The maximum Gasteiger partial charge on any atom is 0.308 e. The average molecular weight is 309 g/mol. The van der Waals surface area contributed by atoms with Gasteiger partial charge in [-0.3, -0.25) is 4.79 Å². The third kappa shape index (κ3) is 3.74. The third-order valence-corrected chi connectivity index (χ3v) is 2.62. The van der Waals surface area contributed by atoms with Gasteiger partial charge in [0.2, 0.25) is 0 Å². The zero-order valence-electron chi connectivity index (χ0n) is 9.04. The van der Waals surface area contributed by atoms with Crippen LogP contribution in [0.4, 0.5) is 8.78 Å². The molecular weight excluding hydrogens is 298 g/mol. The summed E-state index contributed by atoms with van der Waals surface area (Å²) >= 11 is 2.82. The van der Waals surface area contributed by atoms with Gasteiger partial charge < -0.3 is 9.84 Å². The van der Waals surface area contributed by atoms with E-state index in [1.165, 1.54) is 0 Å². The first-order valence-corrected chi connectivity index (χ1v) is 5.73. The number of rotatable bonds is 4. The number of ether oxygens (including phenoxy) is 1. The lowest BCUT2D eigenvalue weighted by Gasteiger charge is -2.12. The summed E-state index contributed by atoms with van der Waals surface area (Å²) in [5, 5.41) is 9.62. The van der Waals surface area contributed by atoms with Gasteiger partial charge in [-0.2, -0.15) is 0 Å². The largest absolute Gasteiger partial charge is 0.466 e. The quantitative estimate of drug-likeness (QED) is 0.687. The topological polar surface area (TPSA) is 46.5 Å². The highest BCUT2D eigenvalue weighted by atomic mass is 79.9. The van der Waals surface area contributed by atoms with E-state index in [-0.39, 0.29) is 16.6 Å². The van der Waals surface area contributed by atoms with Crippen LogP contribution in [0.15, 0.2) is 16.6 Å². The number of halogens is 3. The van der Waals surface area contributed by atoms with Crippen LogP contribution in [0, 0.1) is 11.6 Å². The molecule has 1 rings (SSSR count). The van der Waals surface area contributed by atoms with Gasteiger partial charge in [0.05, 0.1) is 23.6 Å².